The summed E-state index contributed by atoms with van der Waals surface area (Å²) >= 11 is 0. The third-order valence-corrected chi connectivity index (χ3v) is 4.20. The van der Waals surface area contributed by atoms with Gasteiger partial charge in [0.15, 0.2) is 0 Å². The van der Waals surface area contributed by atoms with E-state index in [2.05, 4.69) is 5.32 Å². The predicted octanol–water partition coefficient (Wildman–Crippen LogP) is -0.455. The van der Waals surface area contributed by atoms with Crippen LogP contribution < -0.4 is 5.32 Å². The Morgan fingerprint density at radius 2 is 1.75 bits per heavy atom. The molecule has 1 saturated heterocycles. The van der Waals surface area contributed by atoms with E-state index in [4.69, 9.17) is 5.11 Å². The summed E-state index contributed by atoms with van der Waals surface area (Å²) in [7, 11) is -2.92. The number of amides is 1. The molecule has 0 radical (unpaired) electrons. The predicted molar refractivity (Wildman–Crippen MR) is 56.7 cm³/mol. The van der Waals surface area contributed by atoms with Crippen molar-refractivity contribution in [1.82, 2.24) is 5.32 Å². The minimum absolute atomic E-state index is 0.0570. The lowest BCUT2D eigenvalue weighted by Crippen LogP contribution is -2.40. The third kappa shape index (κ3) is 4.61. The smallest absolute Gasteiger partial charge is 0.303 e. The first kappa shape index (κ1) is 13.0. The van der Waals surface area contributed by atoms with Crippen LogP contribution in [0.1, 0.15) is 25.7 Å². The highest BCUT2D eigenvalue weighted by atomic mass is 32.2. The fourth-order valence-corrected chi connectivity index (χ4v) is 3.05. The molecule has 0 spiro atoms. The lowest BCUT2D eigenvalue weighted by atomic mass is 10.1. The van der Waals surface area contributed by atoms with Gasteiger partial charge in [-0.2, -0.15) is 0 Å². The van der Waals surface area contributed by atoms with Gasteiger partial charge in [-0.3, -0.25) is 9.59 Å². The molecule has 0 atom stereocenters. The minimum Gasteiger partial charge on any atom is -0.481 e. The van der Waals surface area contributed by atoms with Gasteiger partial charge in [0.25, 0.3) is 0 Å². The first-order valence-corrected chi connectivity index (χ1v) is 6.93. The van der Waals surface area contributed by atoms with Crippen molar-refractivity contribution >= 4 is 21.7 Å². The topological polar surface area (TPSA) is 101 Å². The van der Waals surface area contributed by atoms with Gasteiger partial charge in [-0.25, -0.2) is 8.42 Å². The van der Waals surface area contributed by atoms with E-state index in [-0.39, 0.29) is 36.3 Å². The van der Waals surface area contributed by atoms with Gasteiger partial charge in [0.05, 0.1) is 17.9 Å². The van der Waals surface area contributed by atoms with Gasteiger partial charge in [0.1, 0.15) is 9.84 Å². The van der Waals surface area contributed by atoms with Crippen LogP contribution in [-0.4, -0.2) is 42.9 Å². The molecule has 7 heteroatoms. The molecular formula is C9H15NO5S. The van der Waals surface area contributed by atoms with E-state index in [1.165, 1.54) is 0 Å². The fourth-order valence-electron chi connectivity index (χ4n) is 1.55. The van der Waals surface area contributed by atoms with Crippen LogP contribution in [0.2, 0.25) is 0 Å². The van der Waals surface area contributed by atoms with Crippen LogP contribution in [-0.2, 0) is 19.4 Å². The molecule has 16 heavy (non-hydrogen) atoms. The molecule has 0 aromatic rings. The highest BCUT2D eigenvalue weighted by molar-refractivity contribution is 7.91. The largest absolute Gasteiger partial charge is 0.481 e. The van der Waals surface area contributed by atoms with Gasteiger partial charge in [0, 0.05) is 12.5 Å². The van der Waals surface area contributed by atoms with Crippen molar-refractivity contribution in [2.45, 2.75) is 31.7 Å². The average molecular weight is 249 g/mol. The van der Waals surface area contributed by atoms with E-state index in [0.717, 1.165) is 0 Å². The molecule has 0 aliphatic carbocycles. The summed E-state index contributed by atoms with van der Waals surface area (Å²) in [4.78, 5) is 21.5. The van der Waals surface area contributed by atoms with Crippen LogP contribution in [0.15, 0.2) is 0 Å². The maximum Gasteiger partial charge on any atom is 0.303 e. The number of rotatable bonds is 4. The van der Waals surface area contributed by atoms with Gasteiger partial charge < -0.3 is 10.4 Å². The summed E-state index contributed by atoms with van der Waals surface area (Å²) < 4.78 is 22.2. The highest BCUT2D eigenvalue weighted by Gasteiger charge is 2.24. The normalized spacial score (nSPS) is 20.2. The Balaban J connectivity index is 2.28. The molecule has 1 aliphatic rings. The molecule has 1 rings (SSSR count). The Hall–Kier alpha value is -1.11. The molecule has 92 valence electrons. The zero-order chi connectivity index (χ0) is 12.2. The summed E-state index contributed by atoms with van der Waals surface area (Å²) in [6, 6.07) is -0.134. The lowest BCUT2D eigenvalue weighted by molar-refractivity contribution is -0.138. The molecule has 0 aromatic heterocycles. The summed E-state index contributed by atoms with van der Waals surface area (Å²) in [5.74, 6) is -1.15. The van der Waals surface area contributed by atoms with Gasteiger partial charge in [0.2, 0.25) is 5.91 Å². The van der Waals surface area contributed by atoms with Gasteiger partial charge in [-0.1, -0.05) is 0 Å². The lowest BCUT2D eigenvalue weighted by Gasteiger charge is -2.22. The van der Waals surface area contributed by atoms with Gasteiger partial charge in [-0.05, 0) is 12.8 Å². The first-order valence-electron chi connectivity index (χ1n) is 5.10. The Morgan fingerprint density at radius 1 is 1.19 bits per heavy atom. The van der Waals surface area contributed by atoms with Gasteiger partial charge >= 0.3 is 5.97 Å². The molecule has 6 nitrogen and oxygen atoms in total. The zero-order valence-corrected chi connectivity index (χ0v) is 9.62. The van der Waals surface area contributed by atoms with Crippen molar-refractivity contribution in [2.24, 2.45) is 0 Å². The summed E-state index contributed by atoms with van der Waals surface area (Å²) in [5, 5.41) is 11.0. The Morgan fingerprint density at radius 3 is 2.25 bits per heavy atom. The van der Waals surface area contributed by atoms with E-state index >= 15 is 0 Å². The molecule has 0 bridgehead atoms. The molecule has 1 fully saturated rings. The Kier molecular flexibility index (Phi) is 4.28. The molecule has 1 aliphatic heterocycles. The van der Waals surface area contributed by atoms with Crippen molar-refractivity contribution in [3.8, 4) is 0 Å². The van der Waals surface area contributed by atoms with Crippen molar-refractivity contribution in [1.29, 1.82) is 0 Å². The number of nitrogens with one attached hydrogen (secondary N) is 1. The summed E-state index contributed by atoms with van der Waals surface area (Å²) in [6.45, 7) is 0. The number of carboxylic acids is 1. The first-order chi connectivity index (χ1) is 7.39. The molecule has 1 amide bonds. The quantitative estimate of drug-likeness (QED) is 0.702. The SMILES string of the molecule is O=C(O)CCC(=O)NC1CCS(=O)(=O)CC1. The maximum absolute atomic E-state index is 11.3. The number of carboxylic acid groups (broad SMARTS) is 1. The Bertz CT molecular complexity index is 361. The van der Waals surface area contributed by atoms with Crippen LogP contribution >= 0.6 is 0 Å². The van der Waals surface area contributed by atoms with Crippen LogP contribution in [0, 0.1) is 0 Å². The standard InChI is InChI=1S/C9H15NO5S/c11-8(1-2-9(12)13)10-7-3-5-16(14,15)6-4-7/h7H,1-6H2,(H,10,11)(H,12,13). The second kappa shape index (κ2) is 5.29. The fraction of sp³-hybridized carbons (Fsp3) is 0.778. The summed E-state index contributed by atoms with van der Waals surface area (Å²) in [5.41, 5.74) is 0. The number of carbonyl (C=O) groups excluding carboxylic acids is 1. The van der Waals surface area contributed by atoms with Crippen molar-refractivity contribution < 1.29 is 23.1 Å². The molecule has 0 unspecified atom stereocenters. The zero-order valence-electron chi connectivity index (χ0n) is 8.81. The summed E-state index contributed by atoms with van der Waals surface area (Å²) in [6.07, 6.45) is 0.581. The maximum atomic E-state index is 11.3. The Labute approximate surface area is 93.9 Å². The number of hydrogen-bond donors (Lipinski definition) is 2. The molecule has 2 N–H and O–H groups in total. The molecule has 0 saturated carbocycles. The average Bonchev–Trinajstić information content (AvgIpc) is 2.18. The number of aliphatic carboxylic acids is 1. The van der Waals surface area contributed by atoms with Crippen molar-refractivity contribution in [3.05, 3.63) is 0 Å². The van der Waals surface area contributed by atoms with E-state index in [9.17, 15) is 18.0 Å². The highest BCUT2D eigenvalue weighted by Crippen LogP contribution is 2.12. The second-order valence-electron chi connectivity index (χ2n) is 3.89. The van der Waals surface area contributed by atoms with Crippen LogP contribution in [0.4, 0.5) is 0 Å². The third-order valence-electron chi connectivity index (χ3n) is 2.49. The van der Waals surface area contributed by atoms with E-state index in [1.54, 1.807) is 0 Å². The number of carbonyl (C=O) groups is 2. The minimum atomic E-state index is -2.92. The van der Waals surface area contributed by atoms with Gasteiger partial charge in [-0.15, -0.1) is 0 Å². The van der Waals surface area contributed by atoms with Crippen molar-refractivity contribution in [2.75, 3.05) is 11.5 Å². The molecule has 0 aromatic carbocycles. The van der Waals surface area contributed by atoms with E-state index in [0.29, 0.717) is 12.8 Å². The van der Waals surface area contributed by atoms with Crippen LogP contribution in [0.3, 0.4) is 0 Å². The van der Waals surface area contributed by atoms with E-state index < -0.39 is 15.8 Å². The van der Waals surface area contributed by atoms with Crippen molar-refractivity contribution in [3.63, 3.8) is 0 Å². The van der Waals surface area contributed by atoms with Crippen LogP contribution in [0.5, 0.6) is 0 Å². The number of hydrogen-bond acceptors (Lipinski definition) is 4. The molecular weight excluding hydrogens is 234 g/mol. The van der Waals surface area contributed by atoms with Crippen LogP contribution in [0.25, 0.3) is 0 Å². The number of sulfone groups is 1. The van der Waals surface area contributed by atoms with E-state index in [1.807, 2.05) is 0 Å². The second-order valence-corrected chi connectivity index (χ2v) is 6.19. The monoisotopic (exact) mass is 249 g/mol. The molecule has 1 heterocycles.